The maximum atomic E-state index is 12.4. The largest absolute Gasteiger partial charge is 0.338 e. The number of benzene rings is 1. The topological polar surface area (TPSA) is 35.6 Å². The van der Waals surface area contributed by atoms with Crippen molar-refractivity contribution in [3.05, 3.63) is 34.3 Å². The summed E-state index contributed by atoms with van der Waals surface area (Å²) in [7, 11) is 2.15. The minimum atomic E-state index is 0.0545. The van der Waals surface area contributed by atoms with E-state index in [4.69, 9.17) is 11.6 Å². The van der Waals surface area contributed by atoms with Crippen LogP contribution in [-0.4, -0.2) is 49.1 Å². The number of nitrogens with one attached hydrogen (secondary N) is 1. The number of amides is 2. The Morgan fingerprint density at radius 2 is 2.23 bits per heavy atom. The van der Waals surface area contributed by atoms with E-state index < -0.39 is 0 Å². The predicted molar refractivity (Wildman–Crippen MR) is 89.2 cm³/mol. The second-order valence-corrected chi connectivity index (χ2v) is 6.98. The summed E-state index contributed by atoms with van der Waals surface area (Å²) in [5.41, 5.74) is 2.48. The number of carbonyl (C=O) groups excluding carboxylic acids is 1. The summed E-state index contributed by atoms with van der Waals surface area (Å²) in [4.78, 5) is 16.6. The highest BCUT2D eigenvalue weighted by molar-refractivity contribution is 6.30. The van der Waals surface area contributed by atoms with Crippen LogP contribution in [0.25, 0.3) is 0 Å². The average molecular weight is 322 g/mol. The molecule has 0 bridgehead atoms. The number of carbonyl (C=O) groups is 1. The van der Waals surface area contributed by atoms with Crippen LogP contribution >= 0.6 is 11.6 Å². The van der Waals surface area contributed by atoms with Crippen LogP contribution in [0.15, 0.2) is 18.2 Å². The lowest BCUT2D eigenvalue weighted by molar-refractivity contribution is 0.179. The monoisotopic (exact) mass is 321 g/mol. The number of piperidine rings is 1. The molecule has 2 heterocycles. The van der Waals surface area contributed by atoms with Crippen molar-refractivity contribution in [1.82, 2.24) is 15.1 Å². The van der Waals surface area contributed by atoms with Gasteiger partial charge in [-0.25, -0.2) is 4.79 Å². The number of fused-ring (bicyclic) bond motifs is 1. The van der Waals surface area contributed by atoms with Gasteiger partial charge < -0.3 is 15.1 Å². The van der Waals surface area contributed by atoms with Gasteiger partial charge in [-0.05, 0) is 62.0 Å². The third-order valence-electron chi connectivity index (χ3n) is 4.73. The molecule has 1 aromatic carbocycles. The zero-order chi connectivity index (χ0) is 15.5. The van der Waals surface area contributed by atoms with E-state index in [1.54, 1.807) is 0 Å². The fraction of sp³-hybridized carbons (Fsp3) is 0.588. The molecule has 1 atom stereocenters. The SMILES string of the molecule is CN1CCC[C@H](CNC(=O)N2CCc3ccc(Cl)cc3C2)C1. The Kier molecular flexibility index (Phi) is 4.89. The van der Waals surface area contributed by atoms with Gasteiger partial charge >= 0.3 is 6.03 Å². The number of nitrogens with zero attached hydrogens (tertiary/aromatic N) is 2. The molecule has 120 valence electrons. The Labute approximate surface area is 137 Å². The molecule has 2 amide bonds. The van der Waals surface area contributed by atoms with E-state index in [0.29, 0.717) is 12.5 Å². The highest BCUT2D eigenvalue weighted by Crippen LogP contribution is 2.22. The van der Waals surface area contributed by atoms with Crippen molar-refractivity contribution in [3.8, 4) is 0 Å². The third kappa shape index (κ3) is 3.73. The van der Waals surface area contributed by atoms with E-state index in [9.17, 15) is 4.79 Å². The molecule has 1 saturated heterocycles. The van der Waals surface area contributed by atoms with Gasteiger partial charge in [-0.2, -0.15) is 0 Å². The summed E-state index contributed by atoms with van der Waals surface area (Å²) in [6.45, 7) is 4.48. The van der Waals surface area contributed by atoms with Gasteiger partial charge in [-0.15, -0.1) is 0 Å². The van der Waals surface area contributed by atoms with Crippen LogP contribution < -0.4 is 5.32 Å². The molecule has 5 heteroatoms. The highest BCUT2D eigenvalue weighted by atomic mass is 35.5. The highest BCUT2D eigenvalue weighted by Gasteiger charge is 2.22. The fourth-order valence-corrected chi connectivity index (χ4v) is 3.68. The van der Waals surface area contributed by atoms with Crippen molar-refractivity contribution in [2.75, 3.05) is 33.2 Å². The average Bonchev–Trinajstić information content (AvgIpc) is 2.52. The molecule has 1 N–H and O–H groups in total. The van der Waals surface area contributed by atoms with Crippen LogP contribution in [0.4, 0.5) is 4.79 Å². The number of rotatable bonds is 2. The van der Waals surface area contributed by atoms with Crippen LogP contribution in [0, 0.1) is 5.92 Å². The van der Waals surface area contributed by atoms with Crippen molar-refractivity contribution in [1.29, 1.82) is 0 Å². The van der Waals surface area contributed by atoms with Crippen LogP contribution in [0.1, 0.15) is 24.0 Å². The first-order valence-corrected chi connectivity index (χ1v) is 8.48. The third-order valence-corrected chi connectivity index (χ3v) is 4.97. The number of halogens is 1. The lowest BCUT2D eigenvalue weighted by atomic mass is 9.98. The van der Waals surface area contributed by atoms with Gasteiger partial charge in [0.05, 0.1) is 0 Å². The fourth-order valence-electron chi connectivity index (χ4n) is 3.48. The standard InChI is InChI=1S/C17H24ClN3O/c1-20-7-2-3-13(11-20)10-19-17(22)21-8-6-14-4-5-16(18)9-15(14)12-21/h4-5,9,13H,2-3,6-8,10-12H2,1H3,(H,19,22)/t13-/m1/s1. The van der Waals surface area contributed by atoms with E-state index in [-0.39, 0.29) is 6.03 Å². The molecular weight excluding hydrogens is 298 g/mol. The Hall–Kier alpha value is -1.26. The molecule has 2 aliphatic heterocycles. The predicted octanol–water partition coefficient (Wildman–Crippen LogP) is 2.75. The summed E-state index contributed by atoms with van der Waals surface area (Å²) in [5, 5.41) is 3.86. The number of hydrogen-bond donors (Lipinski definition) is 1. The van der Waals surface area contributed by atoms with Crippen LogP contribution in [0.2, 0.25) is 5.02 Å². The van der Waals surface area contributed by atoms with Gasteiger partial charge in [0.1, 0.15) is 0 Å². The van der Waals surface area contributed by atoms with E-state index in [0.717, 1.165) is 31.1 Å². The molecule has 0 aliphatic carbocycles. The molecule has 4 nitrogen and oxygen atoms in total. The maximum absolute atomic E-state index is 12.4. The lowest BCUT2D eigenvalue weighted by Gasteiger charge is -2.32. The second kappa shape index (κ2) is 6.88. The summed E-state index contributed by atoms with van der Waals surface area (Å²) in [5.74, 6) is 0.578. The molecule has 1 aromatic rings. The molecule has 1 fully saturated rings. The van der Waals surface area contributed by atoms with Gasteiger partial charge in [0.15, 0.2) is 0 Å². The van der Waals surface area contributed by atoms with E-state index in [1.807, 2.05) is 17.0 Å². The van der Waals surface area contributed by atoms with Gasteiger partial charge in [-0.1, -0.05) is 17.7 Å². The summed E-state index contributed by atoms with van der Waals surface area (Å²) in [6.07, 6.45) is 3.35. The van der Waals surface area contributed by atoms with Crippen molar-refractivity contribution in [2.45, 2.75) is 25.8 Å². The number of likely N-dealkylation sites (tertiary alicyclic amines) is 1. The van der Waals surface area contributed by atoms with Crippen molar-refractivity contribution < 1.29 is 4.79 Å². The zero-order valence-electron chi connectivity index (χ0n) is 13.1. The van der Waals surface area contributed by atoms with Crippen LogP contribution in [0.5, 0.6) is 0 Å². The minimum absolute atomic E-state index is 0.0545. The van der Waals surface area contributed by atoms with Crippen molar-refractivity contribution in [3.63, 3.8) is 0 Å². The minimum Gasteiger partial charge on any atom is -0.338 e. The zero-order valence-corrected chi connectivity index (χ0v) is 13.9. The first-order chi connectivity index (χ1) is 10.6. The first-order valence-electron chi connectivity index (χ1n) is 8.10. The smallest absolute Gasteiger partial charge is 0.317 e. The van der Waals surface area contributed by atoms with Crippen LogP contribution in [0.3, 0.4) is 0 Å². The molecule has 2 aliphatic rings. The van der Waals surface area contributed by atoms with Gasteiger partial charge in [-0.3, -0.25) is 0 Å². The molecule has 0 unspecified atom stereocenters. The Balaban J connectivity index is 1.53. The number of urea groups is 1. The molecule has 0 saturated carbocycles. The summed E-state index contributed by atoms with van der Waals surface area (Å²) < 4.78 is 0. The normalized spacial score (nSPS) is 22.3. The van der Waals surface area contributed by atoms with E-state index in [1.165, 1.54) is 30.5 Å². The van der Waals surface area contributed by atoms with Crippen molar-refractivity contribution in [2.24, 2.45) is 5.92 Å². The molecular formula is C17H24ClN3O. The van der Waals surface area contributed by atoms with E-state index in [2.05, 4.69) is 23.3 Å². The Morgan fingerprint density at radius 3 is 3.05 bits per heavy atom. The maximum Gasteiger partial charge on any atom is 0.317 e. The van der Waals surface area contributed by atoms with Gasteiger partial charge in [0.2, 0.25) is 0 Å². The first kappa shape index (κ1) is 15.6. The lowest BCUT2D eigenvalue weighted by Crippen LogP contribution is -2.46. The Morgan fingerprint density at radius 1 is 1.36 bits per heavy atom. The molecule has 3 rings (SSSR count). The molecule has 0 aromatic heterocycles. The quantitative estimate of drug-likeness (QED) is 0.909. The van der Waals surface area contributed by atoms with E-state index >= 15 is 0 Å². The Bertz CT molecular complexity index is 549. The van der Waals surface area contributed by atoms with Crippen molar-refractivity contribution >= 4 is 17.6 Å². The summed E-state index contributed by atoms with van der Waals surface area (Å²) >= 11 is 6.06. The van der Waals surface area contributed by atoms with Gasteiger partial charge in [0.25, 0.3) is 0 Å². The number of hydrogen-bond acceptors (Lipinski definition) is 2. The van der Waals surface area contributed by atoms with Crippen LogP contribution in [-0.2, 0) is 13.0 Å². The second-order valence-electron chi connectivity index (χ2n) is 6.54. The molecule has 0 radical (unpaired) electrons. The molecule has 0 spiro atoms. The van der Waals surface area contributed by atoms with Gasteiger partial charge in [0, 0.05) is 31.2 Å². The molecule has 22 heavy (non-hydrogen) atoms. The summed E-state index contributed by atoms with van der Waals surface area (Å²) in [6, 6.07) is 6.03.